The molecule has 0 amide bonds. The number of rotatable bonds is 7. The summed E-state index contributed by atoms with van der Waals surface area (Å²) in [6.07, 6.45) is 12.6. The van der Waals surface area contributed by atoms with Crippen molar-refractivity contribution >= 4 is 11.8 Å². The molecule has 1 atom stereocenters. The Kier molecular flexibility index (Phi) is 7.28. The van der Waals surface area contributed by atoms with Crippen molar-refractivity contribution in [3.63, 3.8) is 0 Å². The van der Waals surface area contributed by atoms with Gasteiger partial charge in [0.25, 0.3) is 0 Å². The van der Waals surface area contributed by atoms with Gasteiger partial charge in [-0.05, 0) is 55.6 Å². The van der Waals surface area contributed by atoms with Gasteiger partial charge in [-0.1, -0.05) is 49.9 Å². The average molecular weight is 357 g/mol. The Labute approximate surface area is 157 Å². The second-order valence-electron chi connectivity index (χ2n) is 8.04. The highest BCUT2D eigenvalue weighted by Crippen LogP contribution is 2.32. The van der Waals surface area contributed by atoms with Crippen LogP contribution in [0.4, 0.5) is 0 Å². The van der Waals surface area contributed by atoms with E-state index in [0.29, 0.717) is 24.7 Å². The smallest absolute Gasteiger partial charge is 0.306 e. The lowest BCUT2D eigenvalue weighted by Gasteiger charge is -2.22. The Morgan fingerprint density at radius 3 is 2.42 bits per heavy atom. The molecule has 2 aliphatic rings. The van der Waals surface area contributed by atoms with E-state index in [2.05, 4.69) is 24.3 Å². The zero-order valence-corrected chi connectivity index (χ0v) is 15.9. The SMILES string of the molecule is O=C(CCCC1CCCCC1=O)OCc1ccc(C2CCCCC2)cc1. The summed E-state index contributed by atoms with van der Waals surface area (Å²) >= 11 is 0. The van der Waals surface area contributed by atoms with Gasteiger partial charge in [0.2, 0.25) is 0 Å². The molecule has 0 aliphatic heterocycles. The van der Waals surface area contributed by atoms with Gasteiger partial charge >= 0.3 is 5.97 Å². The van der Waals surface area contributed by atoms with Crippen LogP contribution < -0.4 is 0 Å². The maximum atomic E-state index is 11.9. The van der Waals surface area contributed by atoms with E-state index in [0.717, 1.165) is 44.1 Å². The van der Waals surface area contributed by atoms with E-state index in [4.69, 9.17) is 4.74 Å². The molecule has 0 radical (unpaired) electrons. The monoisotopic (exact) mass is 356 g/mol. The lowest BCUT2D eigenvalue weighted by atomic mass is 9.84. The van der Waals surface area contributed by atoms with Gasteiger partial charge in [0.15, 0.2) is 0 Å². The Morgan fingerprint density at radius 1 is 0.962 bits per heavy atom. The zero-order valence-electron chi connectivity index (χ0n) is 15.9. The Bertz CT molecular complexity index is 584. The van der Waals surface area contributed by atoms with Crippen molar-refractivity contribution in [3.8, 4) is 0 Å². The molecule has 0 aromatic heterocycles. The van der Waals surface area contributed by atoms with Gasteiger partial charge in [0, 0.05) is 18.8 Å². The lowest BCUT2D eigenvalue weighted by molar-refractivity contribution is -0.145. The molecule has 142 valence electrons. The summed E-state index contributed by atoms with van der Waals surface area (Å²) in [5.74, 6) is 1.14. The van der Waals surface area contributed by atoms with Gasteiger partial charge in [-0.25, -0.2) is 0 Å². The van der Waals surface area contributed by atoms with Crippen molar-refractivity contribution in [2.45, 2.75) is 89.6 Å². The number of hydrogen-bond donors (Lipinski definition) is 0. The molecule has 0 bridgehead atoms. The number of carbonyl (C=O) groups is 2. The van der Waals surface area contributed by atoms with Crippen LogP contribution in [0.3, 0.4) is 0 Å². The number of Topliss-reactive ketones (excluding diaryl/α,β-unsaturated/α-hetero) is 1. The highest BCUT2D eigenvalue weighted by Gasteiger charge is 2.22. The molecule has 0 saturated heterocycles. The summed E-state index contributed by atoms with van der Waals surface area (Å²) < 4.78 is 5.41. The van der Waals surface area contributed by atoms with E-state index in [1.165, 1.54) is 37.7 Å². The summed E-state index contributed by atoms with van der Waals surface area (Å²) in [5.41, 5.74) is 2.48. The number of carbonyl (C=O) groups excluding carboxylic acids is 2. The predicted octanol–water partition coefficient (Wildman–Crippen LogP) is 5.71. The highest BCUT2D eigenvalue weighted by molar-refractivity contribution is 5.81. The molecule has 1 aromatic rings. The second kappa shape index (κ2) is 9.89. The van der Waals surface area contributed by atoms with Crippen molar-refractivity contribution < 1.29 is 14.3 Å². The van der Waals surface area contributed by atoms with Crippen LogP contribution in [0.2, 0.25) is 0 Å². The summed E-state index contributed by atoms with van der Waals surface area (Å²) in [7, 11) is 0. The van der Waals surface area contributed by atoms with E-state index < -0.39 is 0 Å². The first kappa shape index (κ1) is 19.1. The number of ether oxygens (including phenoxy) is 1. The highest BCUT2D eigenvalue weighted by atomic mass is 16.5. The molecule has 3 rings (SSSR count). The van der Waals surface area contributed by atoms with Crippen LogP contribution in [0.25, 0.3) is 0 Å². The van der Waals surface area contributed by atoms with E-state index >= 15 is 0 Å². The maximum Gasteiger partial charge on any atom is 0.306 e. The first-order chi connectivity index (χ1) is 12.7. The molecule has 26 heavy (non-hydrogen) atoms. The van der Waals surface area contributed by atoms with Crippen molar-refractivity contribution in [3.05, 3.63) is 35.4 Å². The zero-order chi connectivity index (χ0) is 18.2. The number of hydrogen-bond acceptors (Lipinski definition) is 3. The summed E-state index contributed by atoms with van der Waals surface area (Å²) in [6, 6.07) is 8.59. The molecular weight excluding hydrogens is 324 g/mol. The van der Waals surface area contributed by atoms with Gasteiger partial charge in [-0.15, -0.1) is 0 Å². The minimum Gasteiger partial charge on any atom is -0.461 e. The first-order valence-electron chi connectivity index (χ1n) is 10.5. The molecule has 2 fully saturated rings. The number of esters is 1. The molecule has 0 spiro atoms. The fourth-order valence-electron chi connectivity index (χ4n) is 4.41. The van der Waals surface area contributed by atoms with Crippen LogP contribution in [-0.2, 0) is 20.9 Å². The topological polar surface area (TPSA) is 43.4 Å². The number of ketones is 1. The van der Waals surface area contributed by atoms with Gasteiger partial charge in [-0.3, -0.25) is 9.59 Å². The van der Waals surface area contributed by atoms with E-state index in [-0.39, 0.29) is 11.9 Å². The molecule has 0 heterocycles. The molecule has 0 N–H and O–H groups in total. The predicted molar refractivity (Wildman–Crippen MR) is 103 cm³/mol. The van der Waals surface area contributed by atoms with Crippen LogP contribution in [0, 0.1) is 5.92 Å². The summed E-state index contributed by atoms with van der Waals surface area (Å²) in [5, 5.41) is 0. The third-order valence-corrected chi connectivity index (χ3v) is 6.07. The Morgan fingerprint density at radius 2 is 1.69 bits per heavy atom. The van der Waals surface area contributed by atoms with E-state index in [1.54, 1.807) is 0 Å². The molecule has 2 aliphatic carbocycles. The van der Waals surface area contributed by atoms with Crippen molar-refractivity contribution in [1.29, 1.82) is 0 Å². The van der Waals surface area contributed by atoms with Crippen LogP contribution in [0.1, 0.15) is 94.1 Å². The van der Waals surface area contributed by atoms with Crippen molar-refractivity contribution in [1.82, 2.24) is 0 Å². The van der Waals surface area contributed by atoms with Crippen LogP contribution in [0.15, 0.2) is 24.3 Å². The maximum absolute atomic E-state index is 11.9. The Hall–Kier alpha value is -1.64. The van der Waals surface area contributed by atoms with Gasteiger partial charge in [-0.2, -0.15) is 0 Å². The van der Waals surface area contributed by atoms with Gasteiger partial charge in [0.1, 0.15) is 12.4 Å². The third kappa shape index (κ3) is 5.69. The second-order valence-corrected chi connectivity index (χ2v) is 8.04. The van der Waals surface area contributed by atoms with E-state index in [1.807, 2.05) is 0 Å². The molecular formula is C23H32O3. The van der Waals surface area contributed by atoms with E-state index in [9.17, 15) is 9.59 Å². The average Bonchev–Trinajstić information content (AvgIpc) is 2.69. The normalized spacial score (nSPS) is 21.5. The fourth-order valence-corrected chi connectivity index (χ4v) is 4.41. The third-order valence-electron chi connectivity index (χ3n) is 6.07. The fraction of sp³-hybridized carbons (Fsp3) is 0.652. The van der Waals surface area contributed by atoms with Gasteiger partial charge < -0.3 is 4.74 Å². The summed E-state index contributed by atoms with van der Waals surface area (Å²) in [6.45, 7) is 0.353. The van der Waals surface area contributed by atoms with Crippen LogP contribution >= 0.6 is 0 Å². The first-order valence-corrected chi connectivity index (χ1v) is 10.5. The lowest BCUT2D eigenvalue weighted by Crippen LogP contribution is -2.19. The molecule has 2 saturated carbocycles. The van der Waals surface area contributed by atoms with Gasteiger partial charge in [0.05, 0.1) is 0 Å². The quantitative estimate of drug-likeness (QED) is 0.588. The molecule has 3 nitrogen and oxygen atoms in total. The molecule has 1 aromatic carbocycles. The largest absolute Gasteiger partial charge is 0.461 e. The standard InChI is InChI=1S/C23H32O3/c24-22-11-5-4-9-21(22)10-6-12-23(25)26-17-18-13-15-20(16-14-18)19-7-2-1-3-8-19/h13-16,19,21H,1-12,17H2. The molecule has 3 heteroatoms. The minimum absolute atomic E-state index is 0.149. The molecule has 1 unspecified atom stereocenters. The van der Waals surface area contributed by atoms with Crippen LogP contribution in [0.5, 0.6) is 0 Å². The summed E-state index contributed by atoms with van der Waals surface area (Å²) in [4.78, 5) is 23.8. The Balaban J connectivity index is 1.35. The van der Waals surface area contributed by atoms with Crippen molar-refractivity contribution in [2.24, 2.45) is 5.92 Å². The minimum atomic E-state index is -0.149. The van der Waals surface area contributed by atoms with Crippen molar-refractivity contribution in [2.75, 3.05) is 0 Å². The number of benzene rings is 1. The van der Waals surface area contributed by atoms with Crippen LogP contribution in [-0.4, -0.2) is 11.8 Å².